The van der Waals surface area contributed by atoms with E-state index < -0.39 is 37.3 Å². The summed E-state index contributed by atoms with van der Waals surface area (Å²) in [6, 6.07) is 12.5. The standard InChI is InChI=1S/C24H24BrClNO6PS/c1-24(2,3)23(29)32-14-33-34(30,31)21(19-13-35-20-8-7-17(26)12-18(19)20)22(28)27-10-9-15-5-4-6-16(25)11-15/h4-13,21H,14H2,1-3H3,(H,27,28)(H,30,31)/b10-9+. The van der Waals surface area contributed by atoms with Crippen molar-refractivity contribution in [2.45, 2.75) is 26.4 Å². The van der Waals surface area contributed by atoms with Gasteiger partial charge in [0.1, 0.15) is 0 Å². The lowest BCUT2D eigenvalue weighted by atomic mass is 9.98. The van der Waals surface area contributed by atoms with E-state index in [4.69, 9.17) is 20.9 Å². The molecule has 0 radical (unpaired) electrons. The van der Waals surface area contributed by atoms with Gasteiger partial charge in [0.05, 0.1) is 5.41 Å². The van der Waals surface area contributed by atoms with Crippen LogP contribution < -0.4 is 5.32 Å². The van der Waals surface area contributed by atoms with Gasteiger partial charge in [-0.15, -0.1) is 11.3 Å². The Balaban J connectivity index is 1.89. The number of esters is 1. The van der Waals surface area contributed by atoms with E-state index in [1.807, 2.05) is 24.3 Å². The summed E-state index contributed by atoms with van der Waals surface area (Å²) in [5.74, 6) is -1.37. The number of benzene rings is 2. The van der Waals surface area contributed by atoms with Crippen LogP contribution in [0.1, 0.15) is 37.6 Å². The van der Waals surface area contributed by atoms with Crippen molar-refractivity contribution in [3.05, 3.63) is 74.7 Å². The minimum atomic E-state index is -4.66. The molecule has 0 bridgehead atoms. The van der Waals surface area contributed by atoms with E-state index in [1.54, 1.807) is 50.4 Å². The Morgan fingerprint density at radius 3 is 2.69 bits per heavy atom. The number of carbonyl (C=O) groups is 2. The number of ether oxygens (including phenoxy) is 1. The molecule has 0 aliphatic carbocycles. The summed E-state index contributed by atoms with van der Waals surface area (Å²) in [6.45, 7) is 4.15. The molecule has 2 N–H and O–H groups in total. The van der Waals surface area contributed by atoms with E-state index in [9.17, 15) is 19.0 Å². The molecule has 0 saturated carbocycles. The SMILES string of the molecule is CC(C)(C)C(=O)OCOP(=O)(O)C(C(=O)N/C=C/c1cccc(Br)c1)c1csc2ccc(Cl)cc12. The van der Waals surface area contributed by atoms with E-state index in [2.05, 4.69) is 21.2 Å². The third-order valence-corrected chi connectivity index (χ3v) is 8.18. The average molecular weight is 601 g/mol. The normalized spacial score (nSPS) is 14.6. The monoisotopic (exact) mass is 599 g/mol. The predicted molar refractivity (Wildman–Crippen MR) is 142 cm³/mol. The highest BCUT2D eigenvalue weighted by atomic mass is 79.9. The molecule has 0 spiro atoms. The molecule has 35 heavy (non-hydrogen) atoms. The third kappa shape index (κ3) is 7.26. The van der Waals surface area contributed by atoms with Gasteiger partial charge in [0, 0.05) is 20.4 Å². The molecular weight excluding hydrogens is 577 g/mol. The second kappa shape index (κ2) is 11.4. The van der Waals surface area contributed by atoms with Crippen molar-refractivity contribution in [1.82, 2.24) is 5.32 Å². The fraction of sp³-hybridized carbons (Fsp3) is 0.250. The van der Waals surface area contributed by atoms with Crippen molar-refractivity contribution < 1.29 is 28.3 Å². The van der Waals surface area contributed by atoms with Gasteiger partial charge in [-0.3, -0.25) is 18.7 Å². The molecule has 0 aliphatic rings. The molecule has 2 aromatic carbocycles. The predicted octanol–water partition coefficient (Wildman–Crippen LogP) is 6.89. The first-order valence-corrected chi connectivity index (χ1v) is 14.1. The fourth-order valence-corrected chi connectivity index (χ4v) is 6.00. The number of rotatable bonds is 8. The number of carbonyl (C=O) groups excluding carboxylic acids is 2. The molecule has 11 heteroatoms. The van der Waals surface area contributed by atoms with Crippen LogP contribution in [0.2, 0.25) is 5.02 Å². The number of amides is 1. The lowest BCUT2D eigenvalue weighted by Gasteiger charge is -2.22. The maximum absolute atomic E-state index is 13.3. The summed E-state index contributed by atoms with van der Waals surface area (Å²) in [5.41, 5.74) is -1.32. The van der Waals surface area contributed by atoms with E-state index in [0.29, 0.717) is 10.4 Å². The molecule has 0 aliphatic heterocycles. The van der Waals surface area contributed by atoms with Gasteiger partial charge in [0.2, 0.25) is 12.7 Å². The summed E-state index contributed by atoms with van der Waals surface area (Å²) in [7, 11) is -4.66. The molecule has 0 fully saturated rings. The Hall–Kier alpha value is -2.00. The summed E-state index contributed by atoms with van der Waals surface area (Å²) in [6.07, 6.45) is 3.04. The van der Waals surface area contributed by atoms with Gasteiger partial charge >= 0.3 is 13.6 Å². The van der Waals surface area contributed by atoms with Crippen molar-refractivity contribution in [3.63, 3.8) is 0 Å². The summed E-state index contributed by atoms with van der Waals surface area (Å²) in [5, 5.41) is 5.16. The van der Waals surface area contributed by atoms with Gasteiger partial charge in [-0.25, -0.2) is 0 Å². The Labute approximate surface area is 220 Å². The number of thiophene rings is 1. The van der Waals surface area contributed by atoms with Crippen LogP contribution in [0.3, 0.4) is 0 Å². The highest BCUT2D eigenvalue weighted by molar-refractivity contribution is 9.10. The van der Waals surface area contributed by atoms with Gasteiger partial charge < -0.3 is 14.9 Å². The van der Waals surface area contributed by atoms with Crippen molar-refractivity contribution in [2.24, 2.45) is 5.41 Å². The fourth-order valence-electron chi connectivity index (χ4n) is 3.05. The number of hydrogen-bond acceptors (Lipinski definition) is 6. The molecule has 2 atom stereocenters. The summed E-state index contributed by atoms with van der Waals surface area (Å²) < 4.78 is 25.1. The molecule has 3 aromatic rings. The van der Waals surface area contributed by atoms with E-state index in [-0.39, 0.29) is 5.56 Å². The average Bonchev–Trinajstić information content (AvgIpc) is 3.15. The van der Waals surface area contributed by atoms with Gasteiger partial charge in [-0.2, -0.15) is 0 Å². The Bertz CT molecular complexity index is 1320. The van der Waals surface area contributed by atoms with Crippen LogP contribution in [0.5, 0.6) is 0 Å². The maximum Gasteiger partial charge on any atom is 0.347 e. The highest BCUT2D eigenvalue weighted by Crippen LogP contribution is 2.58. The smallest absolute Gasteiger partial charge is 0.347 e. The van der Waals surface area contributed by atoms with Crippen LogP contribution in [0.25, 0.3) is 16.2 Å². The first-order chi connectivity index (χ1) is 16.4. The van der Waals surface area contributed by atoms with Crippen LogP contribution in [-0.4, -0.2) is 23.6 Å². The van der Waals surface area contributed by atoms with E-state index >= 15 is 0 Å². The molecule has 186 valence electrons. The molecule has 1 heterocycles. The van der Waals surface area contributed by atoms with E-state index in [1.165, 1.54) is 17.5 Å². The van der Waals surface area contributed by atoms with Crippen molar-refractivity contribution in [3.8, 4) is 0 Å². The maximum atomic E-state index is 13.3. The highest BCUT2D eigenvalue weighted by Gasteiger charge is 2.42. The van der Waals surface area contributed by atoms with Crippen molar-refractivity contribution >= 4 is 74.5 Å². The molecule has 7 nitrogen and oxygen atoms in total. The number of nitrogens with one attached hydrogen (secondary N) is 1. The zero-order chi connectivity index (χ0) is 25.8. The number of halogens is 2. The topological polar surface area (TPSA) is 102 Å². The molecule has 2 unspecified atom stereocenters. The number of hydrogen-bond donors (Lipinski definition) is 2. The molecule has 3 rings (SSSR count). The van der Waals surface area contributed by atoms with Crippen LogP contribution in [0.4, 0.5) is 0 Å². The molecule has 1 aromatic heterocycles. The third-order valence-electron chi connectivity index (χ3n) is 4.82. The zero-order valence-corrected chi connectivity index (χ0v) is 23.2. The zero-order valence-electron chi connectivity index (χ0n) is 19.2. The van der Waals surface area contributed by atoms with Crippen LogP contribution in [-0.2, 0) is 23.4 Å². The molecule has 1 amide bonds. The van der Waals surface area contributed by atoms with Crippen molar-refractivity contribution in [2.75, 3.05) is 6.79 Å². The minimum absolute atomic E-state index is 0.286. The van der Waals surface area contributed by atoms with Crippen LogP contribution in [0, 0.1) is 5.41 Å². The summed E-state index contributed by atoms with van der Waals surface area (Å²) >= 11 is 10.8. The Kier molecular flexibility index (Phi) is 8.96. The largest absolute Gasteiger partial charge is 0.438 e. The lowest BCUT2D eigenvalue weighted by Crippen LogP contribution is -2.27. The quantitative estimate of drug-likeness (QED) is 0.166. The summed E-state index contributed by atoms with van der Waals surface area (Å²) in [4.78, 5) is 36.1. The van der Waals surface area contributed by atoms with Gasteiger partial charge in [0.15, 0.2) is 5.66 Å². The van der Waals surface area contributed by atoms with E-state index in [0.717, 1.165) is 14.7 Å². The Morgan fingerprint density at radius 1 is 1.26 bits per heavy atom. The minimum Gasteiger partial charge on any atom is -0.438 e. The first kappa shape index (κ1) is 27.6. The second-order valence-electron chi connectivity index (χ2n) is 8.62. The van der Waals surface area contributed by atoms with Crippen molar-refractivity contribution in [1.29, 1.82) is 0 Å². The van der Waals surface area contributed by atoms with Crippen LogP contribution in [0.15, 0.2) is 58.5 Å². The van der Waals surface area contributed by atoms with Gasteiger partial charge in [-0.05, 0) is 79.1 Å². The Morgan fingerprint density at radius 2 is 2.00 bits per heavy atom. The lowest BCUT2D eigenvalue weighted by molar-refractivity contribution is -0.159. The molecule has 0 saturated heterocycles. The van der Waals surface area contributed by atoms with Crippen LogP contribution >= 0.6 is 46.5 Å². The van der Waals surface area contributed by atoms with Gasteiger partial charge in [-0.1, -0.05) is 39.7 Å². The molecular formula is C24H24BrClNO6PS. The van der Waals surface area contributed by atoms with Gasteiger partial charge in [0.25, 0.3) is 0 Å². The second-order valence-corrected chi connectivity index (χ2v) is 12.8. The number of fused-ring (bicyclic) bond motifs is 1. The first-order valence-electron chi connectivity index (χ1n) is 10.4.